The number of hydrogen-bond acceptors (Lipinski definition) is 5. The fourth-order valence-corrected chi connectivity index (χ4v) is 2.00. The molecule has 0 saturated heterocycles. The molecule has 1 rings (SSSR count). The zero-order chi connectivity index (χ0) is 16.2. The van der Waals surface area contributed by atoms with Gasteiger partial charge in [0.15, 0.2) is 0 Å². The minimum atomic E-state index is -0.492. The smallest absolute Gasteiger partial charge is 0.291 e. The number of anilines is 1. The number of hydrogen-bond donors (Lipinski definition) is 2. The van der Waals surface area contributed by atoms with Gasteiger partial charge in [-0.25, -0.2) is 4.98 Å². The van der Waals surface area contributed by atoms with Crippen LogP contribution in [0.3, 0.4) is 0 Å². The molecule has 116 valence electrons. The number of rotatable bonds is 6. The molecule has 0 spiro atoms. The van der Waals surface area contributed by atoms with E-state index in [0.717, 1.165) is 0 Å². The van der Waals surface area contributed by atoms with Gasteiger partial charge in [-0.1, -0.05) is 13.8 Å². The van der Waals surface area contributed by atoms with Crippen LogP contribution in [-0.4, -0.2) is 28.4 Å². The summed E-state index contributed by atoms with van der Waals surface area (Å²) in [5.41, 5.74) is 0.400. The van der Waals surface area contributed by atoms with Crippen molar-refractivity contribution in [3.05, 3.63) is 26.3 Å². The lowest BCUT2D eigenvalue weighted by Crippen LogP contribution is -2.39. The zero-order valence-electron chi connectivity index (χ0n) is 12.4. The van der Waals surface area contributed by atoms with E-state index in [2.05, 4.69) is 31.5 Å². The van der Waals surface area contributed by atoms with E-state index in [0.29, 0.717) is 28.3 Å². The summed E-state index contributed by atoms with van der Waals surface area (Å²) in [6, 6.07) is -0.492. The van der Waals surface area contributed by atoms with Crippen molar-refractivity contribution in [1.82, 2.24) is 10.3 Å². The van der Waals surface area contributed by atoms with Crippen LogP contribution in [0.2, 0.25) is 0 Å². The Morgan fingerprint density at radius 3 is 2.62 bits per heavy atom. The van der Waals surface area contributed by atoms with E-state index in [1.165, 1.54) is 6.20 Å². The number of nitro groups is 1. The molecule has 7 nitrogen and oxygen atoms in total. The molecule has 0 bridgehead atoms. The summed E-state index contributed by atoms with van der Waals surface area (Å²) in [6.07, 6.45) is 1.18. The first-order chi connectivity index (χ1) is 9.73. The molecule has 0 saturated carbocycles. The zero-order valence-corrected chi connectivity index (χ0v) is 14.0. The van der Waals surface area contributed by atoms with Crippen LogP contribution in [0.25, 0.3) is 0 Å². The first-order valence-electron chi connectivity index (χ1n) is 6.57. The molecule has 1 atom stereocenters. The van der Waals surface area contributed by atoms with E-state index in [1.807, 2.05) is 13.8 Å². The molecule has 1 aromatic rings. The van der Waals surface area contributed by atoms with E-state index in [1.54, 1.807) is 13.8 Å². The van der Waals surface area contributed by atoms with Crippen LogP contribution in [0.1, 0.15) is 26.3 Å². The summed E-state index contributed by atoms with van der Waals surface area (Å²) in [5, 5.41) is 16.6. The van der Waals surface area contributed by atoms with Gasteiger partial charge in [-0.2, -0.15) is 0 Å². The fourth-order valence-electron chi connectivity index (χ4n) is 1.58. The third-order valence-corrected chi connectivity index (χ3v) is 3.84. The Labute approximate surface area is 131 Å². The Balaban J connectivity index is 2.81. The Bertz CT molecular complexity index is 548. The first-order valence-corrected chi connectivity index (χ1v) is 7.37. The Morgan fingerprint density at radius 1 is 1.48 bits per heavy atom. The van der Waals surface area contributed by atoms with Crippen molar-refractivity contribution < 1.29 is 9.72 Å². The molecule has 8 heteroatoms. The predicted molar refractivity (Wildman–Crippen MR) is 84.3 cm³/mol. The number of nitrogens with zero attached hydrogens (tertiary/aromatic N) is 2. The Kier molecular flexibility index (Phi) is 6.07. The molecule has 1 unspecified atom stereocenters. The summed E-state index contributed by atoms with van der Waals surface area (Å²) in [7, 11) is 0. The molecule has 0 aliphatic rings. The quantitative estimate of drug-likeness (QED) is 0.601. The van der Waals surface area contributed by atoms with Crippen LogP contribution < -0.4 is 10.6 Å². The van der Waals surface area contributed by atoms with Crippen LogP contribution in [-0.2, 0) is 4.79 Å². The van der Waals surface area contributed by atoms with Crippen LogP contribution >= 0.6 is 15.9 Å². The SMILES string of the molecule is Cc1c([N+](=O)[O-])cnc(NC(C)C(=O)NCC(C)C)c1Br. The molecule has 1 aromatic heterocycles. The second kappa shape index (κ2) is 7.35. The van der Waals surface area contributed by atoms with Gasteiger partial charge in [-0.05, 0) is 35.7 Å². The maximum absolute atomic E-state index is 11.9. The van der Waals surface area contributed by atoms with Gasteiger partial charge in [0.25, 0.3) is 5.69 Å². The highest BCUT2D eigenvalue weighted by atomic mass is 79.9. The normalized spacial score (nSPS) is 12.1. The van der Waals surface area contributed by atoms with E-state index < -0.39 is 11.0 Å². The van der Waals surface area contributed by atoms with Gasteiger partial charge in [0.05, 0.1) is 9.40 Å². The number of nitrogens with one attached hydrogen (secondary N) is 2. The monoisotopic (exact) mass is 358 g/mol. The van der Waals surface area contributed by atoms with Crippen molar-refractivity contribution in [2.45, 2.75) is 33.7 Å². The van der Waals surface area contributed by atoms with Crippen LogP contribution in [0, 0.1) is 23.0 Å². The molecule has 0 radical (unpaired) electrons. The summed E-state index contributed by atoms with van der Waals surface area (Å²) in [6.45, 7) is 7.95. The summed E-state index contributed by atoms with van der Waals surface area (Å²) >= 11 is 3.28. The highest BCUT2D eigenvalue weighted by molar-refractivity contribution is 9.10. The van der Waals surface area contributed by atoms with E-state index in [-0.39, 0.29) is 11.6 Å². The van der Waals surface area contributed by atoms with Gasteiger partial charge in [-0.3, -0.25) is 14.9 Å². The van der Waals surface area contributed by atoms with Crippen molar-refractivity contribution in [2.24, 2.45) is 5.92 Å². The van der Waals surface area contributed by atoms with E-state index >= 15 is 0 Å². The van der Waals surface area contributed by atoms with Gasteiger partial charge in [0.1, 0.15) is 18.1 Å². The van der Waals surface area contributed by atoms with E-state index in [4.69, 9.17) is 0 Å². The summed E-state index contributed by atoms with van der Waals surface area (Å²) in [4.78, 5) is 26.2. The second-order valence-electron chi connectivity index (χ2n) is 5.19. The van der Waals surface area contributed by atoms with Gasteiger partial charge < -0.3 is 10.6 Å². The first kappa shape index (κ1) is 17.4. The number of carbonyl (C=O) groups is 1. The average Bonchev–Trinajstić information content (AvgIpc) is 2.40. The third kappa shape index (κ3) is 4.66. The molecule has 21 heavy (non-hydrogen) atoms. The molecule has 2 N–H and O–H groups in total. The van der Waals surface area contributed by atoms with Gasteiger partial charge in [-0.15, -0.1) is 0 Å². The van der Waals surface area contributed by atoms with Crippen molar-refractivity contribution in [1.29, 1.82) is 0 Å². The van der Waals surface area contributed by atoms with Crippen molar-refractivity contribution >= 4 is 33.3 Å². The number of aromatic nitrogens is 1. The standard InChI is InChI=1S/C13H19BrN4O3/c1-7(2)5-16-13(19)9(4)17-12-11(14)8(3)10(6-15-12)18(20)21/h6-7,9H,5H2,1-4H3,(H,15,17)(H,16,19). The lowest BCUT2D eigenvalue weighted by Gasteiger charge is -2.17. The maximum atomic E-state index is 11.9. The van der Waals surface area contributed by atoms with Crippen molar-refractivity contribution in [3.63, 3.8) is 0 Å². The molecule has 0 aliphatic heterocycles. The van der Waals surface area contributed by atoms with Gasteiger partial charge in [0.2, 0.25) is 5.91 Å². The average molecular weight is 359 g/mol. The highest BCUT2D eigenvalue weighted by Crippen LogP contribution is 2.30. The van der Waals surface area contributed by atoms with Crippen molar-refractivity contribution in [2.75, 3.05) is 11.9 Å². The minimum Gasteiger partial charge on any atom is -0.358 e. The van der Waals surface area contributed by atoms with Crippen LogP contribution in [0.5, 0.6) is 0 Å². The Hall–Kier alpha value is -1.70. The molecule has 1 heterocycles. The summed E-state index contributed by atoms with van der Waals surface area (Å²) in [5.74, 6) is 0.631. The van der Waals surface area contributed by atoms with Crippen molar-refractivity contribution in [3.8, 4) is 0 Å². The molecule has 0 aromatic carbocycles. The topological polar surface area (TPSA) is 97.2 Å². The third-order valence-electron chi connectivity index (χ3n) is 2.87. The molecular formula is C13H19BrN4O3. The number of pyridine rings is 1. The number of carbonyl (C=O) groups excluding carboxylic acids is 1. The number of halogens is 1. The second-order valence-corrected chi connectivity index (χ2v) is 5.99. The maximum Gasteiger partial charge on any atom is 0.291 e. The lowest BCUT2D eigenvalue weighted by atomic mass is 10.2. The lowest BCUT2D eigenvalue weighted by molar-refractivity contribution is -0.385. The summed E-state index contributed by atoms with van der Waals surface area (Å²) < 4.78 is 0.486. The Morgan fingerprint density at radius 2 is 2.10 bits per heavy atom. The van der Waals surface area contributed by atoms with E-state index in [9.17, 15) is 14.9 Å². The largest absolute Gasteiger partial charge is 0.358 e. The van der Waals surface area contributed by atoms with Crippen LogP contribution in [0.4, 0.5) is 11.5 Å². The highest BCUT2D eigenvalue weighted by Gasteiger charge is 2.20. The van der Waals surface area contributed by atoms with Gasteiger partial charge in [0, 0.05) is 12.1 Å². The number of amides is 1. The van der Waals surface area contributed by atoms with Gasteiger partial charge >= 0.3 is 0 Å². The predicted octanol–water partition coefficient (Wildman–Crippen LogP) is 2.63. The fraction of sp³-hybridized carbons (Fsp3) is 0.538. The minimum absolute atomic E-state index is 0.0654. The molecule has 1 amide bonds. The van der Waals surface area contributed by atoms with Crippen LogP contribution in [0.15, 0.2) is 10.7 Å². The molecule has 0 fully saturated rings. The molecular weight excluding hydrogens is 340 g/mol. The molecule has 0 aliphatic carbocycles.